The Morgan fingerprint density at radius 3 is 2.67 bits per heavy atom. The van der Waals surface area contributed by atoms with E-state index >= 15 is 0 Å². The van der Waals surface area contributed by atoms with Gasteiger partial charge >= 0.3 is 0 Å². The highest BCUT2D eigenvalue weighted by atomic mass is 32.1. The molecule has 0 radical (unpaired) electrons. The Morgan fingerprint density at radius 2 is 2.17 bits per heavy atom. The molecule has 1 fully saturated rings. The van der Waals surface area contributed by atoms with Crippen molar-refractivity contribution in [2.45, 2.75) is 50.8 Å². The first-order valence-corrected chi connectivity index (χ1v) is 7.58. The van der Waals surface area contributed by atoms with Crippen LogP contribution in [0.4, 0.5) is 0 Å². The third-order valence-electron chi connectivity index (χ3n) is 4.25. The average molecular weight is 268 g/mol. The molecule has 0 aromatic carbocycles. The van der Waals surface area contributed by atoms with Gasteiger partial charge in [0.15, 0.2) is 0 Å². The molecule has 102 valence electrons. The summed E-state index contributed by atoms with van der Waals surface area (Å²) < 4.78 is 0. The summed E-state index contributed by atoms with van der Waals surface area (Å²) in [6.45, 7) is 3.59. The van der Waals surface area contributed by atoms with Crippen LogP contribution >= 0.6 is 11.3 Å². The van der Waals surface area contributed by atoms with Crippen LogP contribution in [0.3, 0.4) is 0 Å². The molecule has 1 aromatic heterocycles. The Kier molecular flexibility index (Phi) is 4.43. The summed E-state index contributed by atoms with van der Waals surface area (Å²) in [5.41, 5.74) is 6.42. The molecule has 1 aliphatic carbocycles. The molecule has 0 aliphatic heterocycles. The van der Waals surface area contributed by atoms with Crippen LogP contribution in [0.5, 0.6) is 0 Å². The number of rotatable bonds is 4. The zero-order chi connectivity index (χ0) is 13.2. The van der Waals surface area contributed by atoms with Gasteiger partial charge in [-0.1, -0.05) is 0 Å². The number of thiophene rings is 1. The van der Waals surface area contributed by atoms with Crippen LogP contribution in [0.15, 0.2) is 11.4 Å². The van der Waals surface area contributed by atoms with E-state index in [1.54, 1.807) is 0 Å². The molecule has 1 heterocycles. The van der Waals surface area contributed by atoms with Crippen LogP contribution in [0.1, 0.15) is 36.1 Å². The first-order valence-electron chi connectivity index (χ1n) is 6.70. The molecule has 18 heavy (non-hydrogen) atoms. The first-order chi connectivity index (χ1) is 8.54. The summed E-state index contributed by atoms with van der Waals surface area (Å²) in [7, 11) is 2.19. The molecule has 4 heteroatoms. The molecule has 1 aliphatic rings. The maximum Gasteiger partial charge on any atom is 0.0770 e. The molecule has 3 N–H and O–H groups in total. The summed E-state index contributed by atoms with van der Waals surface area (Å²) in [5, 5.41) is 12.3. The van der Waals surface area contributed by atoms with Gasteiger partial charge in [0, 0.05) is 24.0 Å². The van der Waals surface area contributed by atoms with Gasteiger partial charge < -0.3 is 10.8 Å². The molecular formula is C14H24N2OS. The largest absolute Gasteiger partial charge is 0.389 e. The number of aliphatic hydroxyl groups is 1. The monoisotopic (exact) mass is 268 g/mol. The van der Waals surface area contributed by atoms with Crippen molar-refractivity contribution in [1.29, 1.82) is 0 Å². The van der Waals surface area contributed by atoms with Gasteiger partial charge in [0.05, 0.1) is 5.60 Å². The summed E-state index contributed by atoms with van der Waals surface area (Å²) in [6, 6.07) is 2.76. The maximum atomic E-state index is 10.1. The lowest BCUT2D eigenvalue weighted by Crippen LogP contribution is -2.45. The molecule has 2 rings (SSSR count). The number of aryl methyl sites for hydroxylation is 1. The molecule has 0 atom stereocenters. The second-order valence-electron chi connectivity index (χ2n) is 5.60. The van der Waals surface area contributed by atoms with Crippen LogP contribution in [0.25, 0.3) is 0 Å². The molecule has 1 saturated carbocycles. The highest BCUT2D eigenvalue weighted by Gasteiger charge is 2.33. The minimum atomic E-state index is -0.601. The Morgan fingerprint density at radius 1 is 1.50 bits per heavy atom. The highest BCUT2D eigenvalue weighted by Crippen LogP contribution is 2.31. The fourth-order valence-electron chi connectivity index (χ4n) is 2.71. The summed E-state index contributed by atoms with van der Waals surface area (Å²) >= 11 is 1.84. The quantitative estimate of drug-likeness (QED) is 0.879. The topological polar surface area (TPSA) is 49.5 Å². The van der Waals surface area contributed by atoms with Crippen molar-refractivity contribution in [3.8, 4) is 0 Å². The third-order valence-corrected chi connectivity index (χ3v) is 5.26. The van der Waals surface area contributed by atoms with E-state index in [9.17, 15) is 5.11 Å². The van der Waals surface area contributed by atoms with Gasteiger partial charge in [-0.2, -0.15) is 0 Å². The Bertz CT molecular complexity index is 383. The number of hydrogen-bond acceptors (Lipinski definition) is 4. The number of hydrogen-bond donors (Lipinski definition) is 2. The van der Waals surface area contributed by atoms with Crippen LogP contribution < -0.4 is 5.73 Å². The van der Waals surface area contributed by atoms with E-state index in [0.29, 0.717) is 12.6 Å². The summed E-state index contributed by atoms with van der Waals surface area (Å²) in [5.74, 6) is 0. The van der Waals surface area contributed by atoms with Gasteiger partial charge in [-0.3, -0.25) is 4.90 Å². The van der Waals surface area contributed by atoms with Gasteiger partial charge in [0.25, 0.3) is 0 Å². The van der Waals surface area contributed by atoms with Crippen molar-refractivity contribution in [3.05, 3.63) is 21.9 Å². The van der Waals surface area contributed by atoms with E-state index in [1.807, 2.05) is 11.3 Å². The van der Waals surface area contributed by atoms with E-state index in [2.05, 4.69) is 30.3 Å². The predicted octanol–water partition coefficient (Wildman–Crippen LogP) is 2.12. The van der Waals surface area contributed by atoms with Gasteiger partial charge in [-0.25, -0.2) is 0 Å². The van der Waals surface area contributed by atoms with E-state index in [-0.39, 0.29) is 0 Å². The first kappa shape index (κ1) is 14.0. The lowest BCUT2D eigenvalue weighted by molar-refractivity contribution is -0.0103. The normalized spacial score (nSPS) is 28.8. The molecule has 0 bridgehead atoms. The van der Waals surface area contributed by atoms with Crippen molar-refractivity contribution in [2.24, 2.45) is 5.73 Å². The van der Waals surface area contributed by atoms with E-state index in [4.69, 9.17) is 5.73 Å². The average Bonchev–Trinajstić information content (AvgIpc) is 2.76. The van der Waals surface area contributed by atoms with E-state index in [0.717, 1.165) is 32.2 Å². The Balaban J connectivity index is 1.88. The molecule has 3 nitrogen and oxygen atoms in total. The molecule has 0 unspecified atom stereocenters. The van der Waals surface area contributed by atoms with Crippen molar-refractivity contribution < 1.29 is 5.11 Å². The molecule has 0 saturated heterocycles. The lowest BCUT2D eigenvalue weighted by atomic mass is 9.82. The molecule has 1 aromatic rings. The van der Waals surface area contributed by atoms with Crippen molar-refractivity contribution in [1.82, 2.24) is 4.90 Å². The predicted molar refractivity (Wildman–Crippen MR) is 76.8 cm³/mol. The Hall–Kier alpha value is -0.420. The SMILES string of the molecule is Cc1ccsc1CN(C)C1CCC(O)(CN)CC1. The second kappa shape index (κ2) is 5.70. The van der Waals surface area contributed by atoms with Crippen LogP contribution in [0, 0.1) is 6.92 Å². The van der Waals surface area contributed by atoms with Crippen LogP contribution in [-0.4, -0.2) is 35.2 Å². The van der Waals surface area contributed by atoms with Crippen LogP contribution in [-0.2, 0) is 6.54 Å². The molecule has 0 spiro atoms. The second-order valence-corrected chi connectivity index (χ2v) is 6.60. The zero-order valence-corrected chi connectivity index (χ0v) is 12.2. The van der Waals surface area contributed by atoms with E-state index < -0.39 is 5.60 Å². The standard InChI is InChI=1S/C14H24N2OS/c1-11-5-8-18-13(11)9-16(2)12-3-6-14(17,10-15)7-4-12/h5,8,12,17H,3-4,6-7,9-10,15H2,1-2H3. The van der Waals surface area contributed by atoms with Gasteiger partial charge in [0.2, 0.25) is 0 Å². The molecule has 0 amide bonds. The maximum absolute atomic E-state index is 10.1. The van der Waals surface area contributed by atoms with E-state index in [1.165, 1.54) is 10.4 Å². The summed E-state index contributed by atoms with van der Waals surface area (Å²) in [6.07, 6.45) is 3.77. The third kappa shape index (κ3) is 3.12. The van der Waals surface area contributed by atoms with Gasteiger partial charge in [-0.15, -0.1) is 11.3 Å². The Labute approximate surface area is 114 Å². The minimum absolute atomic E-state index is 0.396. The zero-order valence-electron chi connectivity index (χ0n) is 11.4. The van der Waals surface area contributed by atoms with Gasteiger partial charge in [0.1, 0.15) is 0 Å². The van der Waals surface area contributed by atoms with Crippen molar-refractivity contribution in [2.75, 3.05) is 13.6 Å². The molecular weight excluding hydrogens is 244 g/mol. The fourth-order valence-corrected chi connectivity index (χ4v) is 3.68. The van der Waals surface area contributed by atoms with Crippen LogP contribution in [0.2, 0.25) is 0 Å². The minimum Gasteiger partial charge on any atom is -0.389 e. The number of nitrogens with zero attached hydrogens (tertiary/aromatic N) is 1. The fraction of sp³-hybridized carbons (Fsp3) is 0.714. The van der Waals surface area contributed by atoms with Crippen molar-refractivity contribution in [3.63, 3.8) is 0 Å². The summed E-state index contributed by atoms with van der Waals surface area (Å²) in [4.78, 5) is 3.88. The lowest BCUT2D eigenvalue weighted by Gasteiger charge is -2.39. The smallest absolute Gasteiger partial charge is 0.0770 e. The highest BCUT2D eigenvalue weighted by molar-refractivity contribution is 7.10. The number of nitrogens with two attached hydrogens (primary N) is 1. The van der Waals surface area contributed by atoms with Gasteiger partial charge in [-0.05, 0) is 56.7 Å². The van der Waals surface area contributed by atoms with Crippen molar-refractivity contribution >= 4 is 11.3 Å².